The van der Waals surface area contributed by atoms with Crippen LogP contribution >= 0.6 is 11.6 Å². The van der Waals surface area contributed by atoms with Crippen molar-refractivity contribution in [3.63, 3.8) is 0 Å². The Labute approximate surface area is 174 Å². The van der Waals surface area contributed by atoms with E-state index in [2.05, 4.69) is 10.4 Å². The molecule has 0 spiro atoms. The third kappa shape index (κ3) is 3.94. The highest BCUT2D eigenvalue weighted by molar-refractivity contribution is 6.31. The zero-order valence-electron chi connectivity index (χ0n) is 15.8. The van der Waals surface area contributed by atoms with Gasteiger partial charge in [-0.25, -0.2) is 4.52 Å². The second-order valence-electron chi connectivity index (χ2n) is 7.21. The normalized spacial score (nSPS) is 14.0. The summed E-state index contributed by atoms with van der Waals surface area (Å²) in [6, 6.07) is 3.17. The molecule has 4 rings (SSSR count). The minimum atomic E-state index is -4.62. The van der Waals surface area contributed by atoms with Gasteiger partial charge in [0.1, 0.15) is 5.52 Å². The van der Waals surface area contributed by atoms with Gasteiger partial charge in [-0.15, -0.1) is 0 Å². The standard InChI is InChI=1S/C20H18ClF3N4O2/c21-15-6-5-12(11-14(15)20(22,23)24)25-17(29)7-8-27-9-10-28-18(19(27)30)13-3-1-2-4-16(13)26-28/h5-6,9-11H,1-4,7-8H2,(H,25,29). The number of hydrogen-bond acceptors (Lipinski definition) is 3. The average Bonchev–Trinajstić information content (AvgIpc) is 3.07. The number of alkyl halides is 3. The number of nitrogens with one attached hydrogen (secondary N) is 1. The fraction of sp³-hybridized carbons (Fsp3) is 0.350. The molecule has 0 saturated carbocycles. The van der Waals surface area contributed by atoms with Crippen molar-refractivity contribution in [1.82, 2.24) is 14.2 Å². The predicted octanol–water partition coefficient (Wildman–Crippen LogP) is 4.08. The Morgan fingerprint density at radius 2 is 1.97 bits per heavy atom. The van der Waals surface area contributed by atoms with E-state index >= 15 is 0 Å². The minimum Gasteiger partial charge on any atom is -0.326 e. The lowest BCUT2D eigenvalue weighted by atomic mass is 9.97. The molecule has 0 bridgehead atoms. The van der Waals surface area contributed by atoms with E-state index in [9.17, 15) is 22.8 Å². The number of halogens is 4. The van der Waals surface area contributed by atoms with Gasteiger partial charge in [-0.1, -0.05) is 11.6 Å². The molecule has 0 radical (unpaired) electrons. The molecule has 1 aliphatic rings. The molecule has 6 nitrogen and oxygen atoms in total. The van der Waals surface area contributed by atoms with E-state index in [-0.39, 0.29) is 24.2 Å². The highest BCUT2D eigenvalue weighted by Gasteiger charge is 2.33. The van der Waals surface area contributed by atoms with Crippen molar-refractivity contribution in [3.8, 4) is 0 Å². The second kappa shape index (κ2) is 7.79. The molecule has 30 heavy (non-hydrogen) atoms. The van der Waals surface area contributed by atoms with Crippen molar-refractivity contribution in [3.05, 3.63) is 62.8 Å². The van der Waals surface area contributed by atoms with Crippen LogP contribution in [0.25, 0.3) is 5.52 Å². The van der Waals surface area contributed by atoms with E-state index in [0.717, 1.165) is 49.1 Å². The predicted molar refractivity (Wildman–Crippen MR) is 106 cm³/mol. The van der Waals surface area contributed by atoms with Gasteiger partial charge in [-0.3, -0.25) is 9.59 Å². The van der Waals surface area contributed by atoms with Gasteiger partial charge in [0.25, 0.3) is 5.56 Å². The molecular weight excluding hydrogens is 421 g/mol. The van der Waals surface area contributed by atoms with Crippen molar-refractivity contribution in [2.24, 2.45) is 0 Å². The molecule has 1 amide bonds. The molecule has 158 valence electrons. The van der Waals surface area contributed by atoms with Gasteiger partial charge in [0.15, 0.2) is 0 Å². The van der Waals surface area contributed by atoms with Crippen molar-refractivity contribution in [1.29, 1.82) is 0 Å². The number of rotatable bonds is 4. The maximum Gasteiger partial charge on any atom is 0.417 e. The van der Waals surface area contributed by atoms with Gasteiger partial charge >= 0.3 is 6.18 Å². The maximum atomic E-state index is 13.0. The molecule has 1 aliphatic carbocycles. The molecule has 1 N–H and O–H groups in total. The number of nitrogens with zero attached hydrogens (tertiary/aromatic N) is 3. The summed E-state index contributed by atoms with van der Waals surface area (Å²) in [5.41, 5.74) is 1.17. The van der Waals surface area contributed by atoms with Crippen LogP contribution in [0.5, 0.6) is 0 Å². The van der Waals surface area contributed by atoms with Gasteiger partial charge in [0.05, 0.1) is 16.3 Å². The van der Waals surface area contributed by atoms with E-state index in [1.54, 1.807) is 16.9 Å². The molecule has 1 aromatic carbocycles. The van der Waals surface area contributed by atoms with Gasteiger partial charge in [-0.05, 0) is 43.9 Å². The van der Waals surface area contributed by atoms with E-state index in [1.165, 1.54) is 10.6 Å². The summed E-state index contributed by atoms with van der Waals surface area (Å²) in [7, 11) is 0. The molecule has 0 aliphatic heterocycles. The largest absolute Gasteiger partial charge is 0.417 e. The molecular formula is C20H18ClF3N4O2. The topological polar surface area (TPSA) is 68.4 Å². The fourth-order valence-electron chi connectivity index (χ4n) is 3.70. The first-order chi connectivity index (χ1) is 14.2. The lowest BCUT2D eigenvalue weighted by molar-refractivity contribution is -0.137. The fourth-order valence-corrected chi connectivity index (χ4v) is 3.92. The van der Waals surface area contributed by atoms with Crippen molar-refractivity contribution in [2.75, 3.05) is 5.32 Å². The number of fused-ring (bicyclic) bond motifs is 3. The summed E-state index contributed by atoms with van der Waals surface area (Å²) in [4.78, 5) is 25.1. The number of amides is 1. The van der Waals surface area contributed by atoms with Crippen molar-refractivity contribution in [2.45, 2.75) is 44.8 Å². The van der Waals surface area contributed by atoms with E-state index in [0.29, 0.717) is 5.52 Å². The zero-order valence-corrected chi connectivity index (χ0v) is 16.6. The molecule has 0 fully saturated rings. The smallest absolute Gasteiger partial charge is 0.326 e. The first-order valence-corrected chi connectivity index (χ1v) is 9.88. The first-order valence-electron chi connectivity index (χ1n) is 9.50. The Morgan fingerprint density at radius 1 is 1.20 bits per heavy atom. The van der Waals surface area contributed by atoms with Crippen molar-refractivity contribution < 1.29 is 18.0 Å². The molecule has 2 heterocycles. The monoisotopic (exact) mass is 438 g/mol. The van der Waals surface area contributed by atoms with Gasteiger partial charge in [-0.2, -0.15) is 18.3 Å². The number of aromatic nitrogens is 3. The molecule has 2 aromatic heterocycles. The van der Waals surface area contributed by atoms with Crippen LogP contribution in [0.1, 0.15) is 36.1 Å². The van der Waals surface area contributed by atoms with Crippen LogP contribution in [0.3, 0.4) is 0 Å². The summed E-state index contributed by atoms with van der Waals surface area (Å²) in [6.45, 7) is 0.0981. The molecule has 10 heteroatoms. The Balaban J connectivity index is 1.49. The number of anilines is 1. The van der Waals surface area contributed by atoms with Crippen LogP contribution in [0.15, 0.2) is 35.4 Å². The Morgan fingerprint density at radius 3 is 2.73 bits per heavy atom. The van der Waals surface area contributed by atoms with E-state index in [4.69, 9.17) is 11.6 Å². The van der Waals surface area contributed by atoms with E-state index in [1.807, 2.05) is 0 Å². The van der Waals surface area contributed by atoms with Gasteiger partial charge in [0, 0.05) is 36.6 Å². The zero-order chi connectivity index (χ0) is 21.5. The van der Waals surface area contributed by atoms with Crippen LogP contribution in [0, 0.1) is 0 Å². The lowest BCUT2D eigenvalue weighted by Gasteiger charge is -2.12. The Kier molecular flexibility index (Phi) is 5.31. The highest BCUT2D eigenvalue weighted by Crippen LogP contribution is 2.36. The van der Waals surface area contributed by atoms with Crippen LogP contribution in [0.4, 0.5) is 18.9 Å². The molecule has 0 atom stereocenters. The number of benzene rings is 1. The van der Waals surface area contributed by atoms with Crippen LogP contribution in [-0.4, -0.2) is 20.1 Å². The number of carbonyl (C=O) groups excluding carboxylic acids is 1. The quantitative estimate of drug-likeness (QED) is 0.667. The average molecular weight is 439 g/mol. The molecule has 0 unspecified atom stereocenters. The summed E-state index contributed by atoms with van der Waals surface area (Å²) in [6.07, 6.45) is 2.25. The summed E-state index contributed by atoms with van der Waals surface area (Å²) < 4.78 is 41.9. The summed E-state index contributed by atoms with van der Waals surface area (Å²) in [5.74, 6) is -0.507. The van der Waals surface area contributed by atoms with E-state index < -0.39 is 22.7 Å². The Bertz CT molecular complexity index is 1180. The van der Waals surface area contributed by atoms with Gasteiger partial charge in [0.2, 0.25) is 5.91 Å². The van der Waals surface area contributed by atoms with Crippen molar-refractivity contribution >= 4 is 28.7 Å². The number of aryl methyl sites for hydroxylation is 3. The SMILES string of the molecule is O=C(CCn1ccn2nc3c(c2c1=O)CCCC3)Nc1ccc(Cl)c(C(F)(F)F)c1. The molecule has 0 saturated heterocycles. The number of carbonyl (C=O) groups is 1. The summed E-state index contributed by atoms with van der Waals surface area (Å²) >= 11 is 5.59. The third-order valence-electron chi connectivity index (χ3n) is 5.17. The summed E-state index contributed by atoms with van der Waals surface area (Å²) in [5, 5.41) is 6.45. The maximum absolute atomic E-state index is 13.0. The molecule has 3 aromatic rings. The first kappa shape index (κ1) is 20.5. The Hall–Kier alpha value is -2.81. The highest BCUT2D eigenvalue weighted by atomic mass is 35.5. The van der Waals surface area contributed by atoms with Crippen LogP contribution < -0.4 is 10.9 Å². The number of hydrogen-bond donors (Lipinski definition) is 1. The third-order valence-corrected chi connectivity index (χ3v) is 5.50. The van der Waals surface area contributed by atoms with Crippen LogP contribution in [-0.2, 0) is 30.4 Å². The minimum absolute atomic E-state index is 0.00983. The lowest BCUT2D eigenvalue weighted by Crippen LogP contribution is -2.25. The van der Waals surface area contributed by atoms with Gasteiger partial charge < -0.3 is 9.88 Å². The van der Waals surface area contributed by atoms with Crippen LogP contribution in [0.2, 0.25) is 5.02 Å². The second-order valence-corrected chi connectivity index (χ2v) is 7.62.